The van der Waals surface area contributed by atoms with E-state index in [-0.39, 0.29) is 24.5 Å². The van der Waals surface area contributed by atoms with Crippen molar-refractivity contribution in [3.05, 3.63) is 69.7 Å². The summed E-state index contributed by atoms with van der Waals surface area (Å²) < 4.78 is 11.4. The van der Waals surface area contributed by atoms with Crippen LogP contribution in [0, 0.1) is 0 Å². The molecule has 1 N–H and O–H groups in total. The molecule has 0 aliphatic carbocycles. The number of benzene rings is 2. The molecule has 7 heteroatoms. The first kappa shape index (κ1) is 21.1. The lowest BCUT2D eigenvalue weighted by Gasteiger charge is -2.25. The second kappa shape index (κ2) is 9.24. The highest BCUT2D eigenvalue weighted by Gasteiger charge is 2.45. The number of carbonyl (C=O) groups is 2. The van der Waals surface area contributed by atoms with Crippen LogP contribution in [0.15, 0.2) is 58.6 Å². The van der Waals surface area contributed by atoms with Gasteiger partial charge in [0.2, 0.25) is 0 Å². The minimum Gasteiger partial charge on any atom is -0.507 e. The molecule has 6 nitrogen and oxygen atoms in total. The van der Waals surface area contributed by atoms with E-state index in [4.69, 9.17) is 9.47 Å². The second-order valence-corrected chi connectivity index (χ2v) is 7.41. The number of aliphatic hydroxyl groups excluding tert-OH is 1. The summed E-state index contributed by atoms with van der Waals surface area (Å²) in [4.78, 5) is 27.0. The molecule has 0 bridgehead atoms. The molecule has 2 aromatic rings. The van der Waals surface area contributed by atoms with E-state index in [0.717, 1.165) is 10.0 Å². The fraction of sp³-hybridized carbons (Fsp3) is 0.273. The van der Waals surface area contributed by atoms with Crippen LogP contribution in [0.3, 0.4) is 0 Å². The zero-order chi connectivity index (χ0) is 21.0. The zero-order valence-electron chi connectivity index (χ0n) is 16.2. The van der Waals surface area contributed by atoms with Gasteiger partial charge in [-0.15, -0.1) is 0 Å². The molecule has 1 aliphatic heterocycles. The number of Topliss-reactive ketones (excluding diaryl/α,β-unsaturated/α-hetero) is 1. The third kappa shape index (κ3) is 4.36. The van der Waals surface area contributed by atoms with Crippen molar-refractivity contribution in [1.82, 2.24) is 4.90 Å². The number of methoxy groups -OCH3 is 1. The molecule has 1 saturated heterocycles. The summed E-state index contributed by atoms with van der Waals surface area (Å²) in [5.74, 6) is -0.906. The largest absolute Gasteiger partial charge is 0.507 e. The Bertz CT molecular complexity index is 921. The maximum absolute atomic E-state index is 12.8. The Hall–Kier alpha value is -2.64. The van der Waals surface area contributed by atoms with E-state index in [2.05, 4.69) is 15.9 Å². The second-order valence-electron chi connectivity index (χ2n) is 6.49. The predicted octanol–water partition coefficient (Wildman–Crippen LogP) is 3.92. The van der Waals surface area contributed by atoms with Crippen LogP contribution in [0.4, 0.5) is 0 Å². The fourth-order valence-electron chi connectivity index (χ4n) is 3.32. The van der Waals surface area contributed by atoms with E-state index < -0.39 is 17.7 Å². The third-order valence-electron chi connectivity index (χ3n) is 4.70. The van der Waals surface area contributed by atoms with Gasteiger partial charge in [0.05, 0.1) is 24.8 Å². The number of hydrogen-bond donors (Lipinski definition) is 1. The number of ether oxygens (including phenoxy) is 2. The van der Waals surface area contributed by atoms with Crippen molar-refractivity contribution >= 4 is 33.4 Å². The number of halogens is 1. The summed E-state index contributed by atoms with van der Waals surface area (Å²) >= 11 is 3.39. The molecule has 29 heavy (non-hydrogen) atoms. The maximum atomic E-state index is 12.8. The van der Waals surface area contributed by atoms with Gasteiger partial charge >= 0.3 is 0 Å². The van der Waals surface area contributed by atoms with E-state index in [1.54, 1.807) is 24.3 Å². The number of aliphatic hydroxyl groups is 1. The average Bonchev–Trinajstić information content (AvgIpc) is 2.98. The molecule has 0 radical (unpaired) electrons. The van der Waals surface area contributed by atoms with E-state index in [9.17, 15) is 14.7 Å². The lowest BCUT2D eigenvalue weighted by molar-refractivity contribution is -0.140. The molecule has 0 unspecified atom stereocenters. The molecule has 3 rings (SSSR count). The van der Waals surface area contributed by atoms with Crippen LogP contribution in [0.2, 0.25) is 0 Å². The molecule has 0 aromatic heterocycles. The lowest BCUT2D eigenvalue weighted by atomic mass is 9.95. The van der Waals surface area contributed by atoms with Crippen molar-refractivity contribution in [2.75, 3.05) is 26.9 Å². The first-order valence-corrected chi connectivity index (χ1v) is 10.0. The third-order valence-corrected chi connectivity index (χ3v) is 5.23. The van der Waals surface area contributed by atoms with Crippen molar-refractivity contribution in [3.8, 4) is 5.75 Å². The Balaban J connectivity index is 2.09. The molecule has 152 valence electrons. The van der Waals surface area contributed by atoms with Crippen LogP contribution in [0.1, 0.15) is 24.1 Å². The summed E-state index contributed by atoms with van der Waals surface area (Å²) in [6.07, 6.45) is 0. The maximum Gasteiger partial charge on any atom is 0.295 e. The summed E-state index contributed by atoms with van der Waals surface area (Å²) in [6, 6.07) is 13.4. The minimum absolute atomic E-state index is 0.0672. The number of nitrogens with zero attached hydrogens (tertiary/aromatic N) is 1. The van der Waals surface area contributed by atoms with Gasteiger partial charge in [0.15, 0.2) is 0 Å². The number of hydrogen-bond acceptors (Lipinski definition) is 5. The normalized spacial score (nSPS) is 18.3. The van der Waals surface area contributed by atoms with Crippen LogP contribution in [-0.2, 0) is 14.3 Å². The zero-order valence-corrected chi connectivity index (χ0v) is 17.8. The van der Waals surface area contributed by atoms with Gasteiger partial charge in [-0.2, -0.15) is 0 Å². The van der Waals surface area contributed by atoms with Crippen molar-refractivity contribution in [2.24, 2.45) is 0 Å². The monoisotopic (exact) mass is 459 g/mol. The summed E-state index contributed by atoms with van der Waals surface area (Å²) in [6.45, 7) is 2.93. The molecule has 2 aromatic carbocycles. The van der Waals surface area contributed by atoms with E-state index in [1.807, 2.05) is 31.2 Å². The van der Waals surface area contributed by atoms with Gasteiger partial charge in [-0.05, 0) is 48.9 Å². The van der Waals surface area contributed by atoms with Crippen LogP contribution < -0.4 is 4.74 Å². The summed E-state index contributed by atoms with van der Waals surface area (Å²) in [5, 5.41) is 11.0. The lowest BCUT2D eigenvalue weighted by Crippen LogP contribution is -2.32. The molecule has 1 heterocycles. The van der Waals surface area contributed by atoms with Crippen molar-refractivity contribution in [2.45, 2.75) is 13.0 Å². The molecule has 1 fully saturated rings. The van der Waals surface area contributed by atoms with Crippen molar-refractivity contribution < 1.29 is 24.2 Å². The van der Waals surface area contributed by atoms with Crippen molar-refractivity contribution in [1.29, 1.82) is 0 Å². The molecule has 1 aliphatic rings. The Morgan fingerprint density at radius 2 is 1.76 bits per heavy atom. The SMILES string of the molecule is CCOc1ccc(C(O)=C2C(=O)C(=O)N(CCOC)[C@H]2c2ccc(Br)cc2)cc1. The van der Waals surface area contributed by atoms with Gasteiger partial charge in [0.25, 0.3) is 11.7 Å². The molecule has 1 amide bonds. The highest BCUT2D eigenvalue weighted by atomic mass is 79.9. The number of amides is 1. The van der Waals surface area contributed by atoms with Gasteiger partial charge in [-0.25, -0.2) is 0 Å². The van der Waals surface area contributed by atoms with Gasteiger partial charge in [0, 0.05) is 23.7 Å². The fourth-order valence-corrected chi connectivity index (χ4v) is 3.59. The Labute approximate surface area is 177 Å². The molecule has 0 spiro atoms. The predicted molar refractivity (Wildman–Crippen MR) is 113 cm³/mol. The molecular formula is C22H22BrNO5. The number of rotatable bonds is 7. The summed E-state index contributed by atoms with van der Waals surface area (Å²) in [7, 11) is 1.53. The Morgan fingerprint density at radius 1 is 1.10 bits per heavy atom. The van der Waals surface area contributed by atoms with E-state index in [1.165, 1.54) is 12.0 Å². The van der Waals surface area contributed by atoms with Gasteiger partial charge in [0.1, 0.15) is 11.5 Å². The number of carbonyl (C=O) groups excluding carboxylic acids is 2. The van der Waals surface area contributed by atoms with Gasteiger partial charge in [-0.3, -0.25) is 9.59 Å². The van der Waals surface area contributed by atoms with Crippen LogP contribution in [-0.4, -0.2) is 48.6 Å². The van der Waals surface area contributed by atoms with Crippen LogP contribution >= 0.6 is 15.9 Å². The van der Waals surface area contributed by atoms with Crippen LogP contribution in [0.25, 0.3) is 5.76 Å². The topological polar surface area (TPSA) is 76.1 Å². The highest BCUT2D eigenvalue weighted by molar-refractivity contribution is 9.10. The molecular weight excluding hydrogens is 438 g/mol. The smallest absolute Gasteiger partial charge is 0.295 e. The average molecular weight is 460 g/mol. The Kier molecular flexibility index (Phi) is 6.71. The van der Waals surface area contributed by atoms with Gasteiger partial charge in [-0.1, -0.05) is 28.1 Å². The van der Waals surface area contributed by atoms with E-state index >= 15 is 0 Å². The van der Waals surface area contributed by atoms with Crippen LogP contribution in [0.5, 0.6) is 5.75 Å². The highest BCUT2D eigenvalue weighted by Crippen LogP contribution is 2.39. The minimum atomic E-state index is -0.708. The quantitative estimate of drug-likeness (QED) is 0.385. The molecule has 0 saturated carbocycles. The van der Waals surface area contributed by atoms with Crippen molar-refractivity contribution in [3.63, 3.8) is 0 Å². The van der Waals surface area contributed by atoms with E-state index in [0.29, 0.717) is 17.9 Å². The first-order valence-electron chi connectivity index (χ1n) is 9.24. The Morgan fingerprint density at radius 3 is 2.34 bits per heavy atom. The number of ketones is 1. The summed E-state index contributed by atoms with van der Waals surface area (Å²) in [5.41, 5.74) is 1.24. The first-order chi connectivity index (χ1) is 14.0. The molecule has 1 atom stereocenters. The standard InChI is InChI=1S/C22H22BrNO5/c1-3-29-17-10-6-15(7-11-17)20(25)18-19(14-4-8-16(23)9-5-14)24(12-13-28-2)22(27)21(18)26/h4-11,19,25H,3,12-13H2,1-2H3/t19-/m0/s1. The number of likely N-dealkylation sites (tertiary alicyclic amines) is 1. The van der Waals surface area contributed by atoms with Gasteiger partial charge < -0.3 is 19.5 Å².